The first-order valence-corrected chi connectivity index (χ1v) is 9.56. The molecule has 2 aliphatic heterocycles. The Morgan fingerprint density at radius 1 is 0.708 bits per heavy atom. The summed E-state index contributed by atoms with van der Waals surface area (Å²) in [4.78, 5) is 28.3. The van der Waals surface area contributed by atoms with Crippen molar-refractivity contribution in [3.05, 3.63) is 66.4 Å². The Balaban J connectivity index is 1.90. The molecule has 0 unspecified atom stereocenters. The monoisotopic (exact) mass is 392 g/mol. The summed E-state index contributed by atoms with van der Waals surface area (Å²) in [6.45, 7) is 3.87. The molecule has 24 heavy (non-hydrogen) atoms. The Hall–Kier alpha value is -1.20. The number of Topliss-reactive ketones (excluding diaryl/α,β-unsaturated/α-hetero) is 2. The molecule has 0 N–H and O–H groups in total. The maximum Gasteiger partial charge on any atom is 0.203 e. The first-order chi connectivity index (χ1) is 11.4. The third-order valence-corrected chi connectivity index (χ3v) is 7.50. The van der Waals surface area contributed by atoms with Gasteiger partial charge in [0.1, 0.15) is 0 Å². The number of carbonyl (C=O) groups is 2. The number of hydrogen-bond acceptors (Lipinski definition) is 4. The van der Waals surface area contributed by atoms with E-state index in [0.717, 1.165) is 20.9 Å². The SMILES string of the molecule is Cc1ccc(Cl)c2c1S/C(=C1\Sc3c(C)ccc(Cl)c3C1=O)C2=O. The van der Waals surface area contributed by atoms with E-state index in [1.54, 1.807) is 12.1 Å². The van der Waals surface area contributed by atoms with E-state index in [-0.39, 0.29) is 11.6 Å². The van der Waals surface area contributed by atoms with Gasteiger partial charge in [-0.2, -0.15) is 0 Å². The summed E-state index contributed by atoms with van der Waals surface area (Å²) < 4.78 is 0. The Morgan fingerprint density at radius 2 is 1.08 bits per heavy atom. The molecule has 0 fully saturated rings. The summed E-state index contributed by atoms with van der Waals surface area (Å²) in [5.74, 6) is -0.359. The first-order valence-electron chi connectivity index (χ1n) is 7.17. The van der Waals surface area contributed by atoms with Crippen molar-refractivity contribution in [2.24, 2.45) is 0 Å². The molecule has 0 saturated heterocycles. The number of thioether (sulfide) groups is 2. The van der Waals surface area contributed by atoms with Crippen molar-refractivity contribution >= 4 is 58.3 Å². The highest BCUT2D eigenvalue weighted by Gasteiger charge is 2.39. The molecule has 0 spiro atoms. The number of hydrogen-bond donors (Lipinski definition) is 0. The number of fused-ring (bicyclic) bond motifs is 2. The quantitative estimate of drug-likeness (QED) is 0.507. The van der Waals surface area contributed by atoms with Crippen LogP contribution >= 0.6 is 46.7 Å². The Labute approximate surface area is 157 Å². The minimum absolute atomic E-state index is 0.180. The molecule has 0 aromatic heterocycles. The smallest absolute Gasteiger partial charge is 0.203 e. The molecule has 2 aliphatic rings. The van der Waals surface area contributed by atoms with Crippen LogP contribution in [0.25, 0.3) is 0 Å². The van der Waals surface area contributed by atoms with E-state index in [4.69, 9.17) is 23.2 Å². The molecule has 0 saturated carbocycles. The summed E-state index contributed by atoms with van der Waals surface area (Å²) in [6, 6.07) is 7.21. The van der Waals surface area contributed by atoms with Crippen molar-refractivity contribution in [3.8, 4) is 0 Å². The molecule has 2 nitrogen and oxygen atoms in total. The van der Waals surface area contributed by atoms with Crippen LogP contribution in [0.5, 0.6) is 0 Å². The Kier molecular flexibility index (Phi) is 3.84. The van der Waals surface area contributed by atoms with Gasteiger partial charge < -0.3 is 0 Å². The lowest BCUT2D eigenvalue weighted by atomic mass is 10.0. The number of halogens is 2. The molecule has 0 aliphatic carbocycles. The van der Waals surface area contributed by atoms with Gasteiger partial charge in [-0.1, -0.05) is 58.9 Å². The predicted octanol–water partition coefficient (Wildman–Crippen LogP) is 6.10. The zero-order valence-corrected chi connectivity index (χ0v) is 15.8. The van der Waals surface area contributed by atoms with E-state index < -0.39 is 0 Å². The van der Waals surface area contributed by atoms with Crippen LogP contribution in [0.1, 0.15) is 31.8 Å². The van der Waals surface area contributed by atoms with Gasteiger partial charge in [-0.05, 0) is 37.1 Å². The van der Waals surface area contributed by atoms with Gasteiger partial charge in [0.25, 0.3) is 0 Å². The van der Waals surface area contributed by atoms with Gasteiger partial charge in [-0.15, -0.1) is 0 Å². The van der Waals surface area contributed by atoms with Crippen LogP contribution in [0.2, 0.25) is 10.0 Å². The van der Waals surface area contributed by atoms with Crippen LogP contribution in [-0.4, -0.2) is 11.6 Å². The van der Waals surface area contributed by atoms with Gasteiger partial charge in [0.05, 0.1) is 31.0 Å². The molecule has 2 aromatic carbocycles. The fourth-order valence-electron chi connectivity index (χ4n) is 2.83. The lowest BCUT2D eigenvalue weighted by molar-refractivity contribution is 0.101. The number of rotatable bonds is 0. The largest absolute Gasteiger partial charge is 0.288 e. The minimum Gasteiger partial charge on any atom is -0.288 e. The van der Waals surface area contributed by atoms with Crippen molar-refractivity contribution < 1.29 is 9.59 Å². The van der Waals surface area contributed by atoms with Gasteiger partial charge >= 0.3 is 0 Å². The second kappa shape index (κ2) is 5.67. The molecule has 0 amide bonds. The highest BCUT2D eigenvalue weighted by molar-refractivity contribution is 8.08. The summed E-state index contributed by atoms with van der Waals surface area (Å²) in [5, 5.41) is 0.844. The minimum atomic E-state index is -0.180. The lowest BCUT2D eigenvalue weighted by Gasteiger charge is -2.01. The highest BCUT2D eigenvalue weighted by atomic mass is 35.5. The number of ketones is 2. The topological polar surface area (TPSA) is 34.1 Å². The van der Waals surface area contributed by atoms with Crippen molar-refractivity contribution in [2.75, 3.05) is 0 Å². The van der Waals surface area contributed by atoms with Crippen molar-refractivity contribution in [1.82, 2.24) is 0 Å². The molecule has 6 heteroatoms. The second-order valence-electron chi connectivity index (χ2n) is 5.66. The van der Waals surface area contributed by atoms with Crippen LogP contribution in [0.4, 0.5) is 0 Å². The predicted molar refractivity (Wildman–Crippen MR) is 99.8 cm³/mol. The van der Waals surface area contributed by atoms with Gasteiger partial charge in [-0.3, -0.25) is 9.59 Å². The second-order valence-corrected chi connectivity index (χ2v) is 8.51. The zero-order valence-electron chi connectivity index (χ0n) is 12.7. The van der Waals surface area contributed by atoms with E-state index in [1.165, 1.54) is 23.5 Å². The Morgan fingerprint density at radius 3 is 1.42 bits per heavy atom. The molecule has 0 bridgehead atoms. The number of carbonyl (C=O) groups excluding carboxylic acids is 2. The average molecular weight is 393 g/mol. The number of allylic oxidation sites excluding steroid dienone is 2. The summed E-state index contributed by atoms with van der Waals surface area (Å²) in [5.41, 5.74) is 2.95. The summed E-state index contributed by atoms with van der Waals surface area (Å²) >= 11 is 15.1. The molecule has 4 rings (SSSR count). The van der Waals surface area contributed by atoms with Crippen molar-refractivity contribution in [2.45, 2.75) is 23.6 Å². The van der Waals surface area contributed by atoms with E-state index in [0.29, 0.717) is 31.0 Å². The number of benzene rings is 2. The third-order valence-electron chi connectivity index (χ3n) is 4.09. The maximum absolute atomic E-state index is 12.9. The van der Waals surface area contributed by atoms with E-state index in [9.17, 15) is 9.59 Å². The van der Waals surface area contributed by atoms with Gasteiger partial charge in [0, 0.05) is 9.79 Å². The fraction of sp³-hybridized carbons (Fsp3) is 0.111. The van der Waals surface area contributed by atoms with E-state index in [1.807, 2.05) is 26.0 Å². The normalized spacial score (nSPS) is 19.0. The van der Waals surface area contributed by atoms with Gasteiger partial charge in [-0.25, -0.2) is 0 Å². The molecule has 0 radical (unpaired) electrons. The summed E-state index contributed by atoms with van der Waals surface area (Å²) in [7, 11) is 0. The maximum atomic E-state index is 12.9. The summed E-state index contributed by atoms with van der Waals surface area (Å²) in [6.07, 6.45) is 0. The van der Waals surface area contributed by atoms with Crippen LogP contribution in [0.3, 0.4) is 0 Å². The van der Waals surface area contributed by atoms with Crippen molar-refractivity contribution in [1.29, 1.82) is 0 Å². The molecule has 120 valence electrons. The molecular formula is C18H10Cl2O2S2. The van der Waals surface area contributed by atoms with Gasteiger partial charge in [0.15, 0.2) is 0 Å². The van der Waals surface area contributed by atoms with Crippen molar-refractivity contribution in [3.63, 3.8) is 0 Å². The van der Waals surface area contributed by atoms with Crippen LogP contribution in [0, 0.1) is 13.8 Å². The molecular weight excluding hydrogens is 383 g/mol. The van der Waals surface area contributed by atoms with E-state index in [2.05, 4.69) is 0 Å². The lowest BCUT2D eigenvalue weighted by Crippen LogP contribution is -2.03. The van der Waals surface area contributed by atoms with E-state index >= 15 is 0 Å². The highest BCUT2D eigenvalue weighted by Crippen LogP contribution is 2.53. The molecule has 0 atom stereocenters. The van der Waals surface area contributed by atoms with Crippen LogP contribution < -0.4 is 0 Å². The molecule has 2 aromatic rings. The third kappa shape index (κ3) is 2.21. The number of aryl methyl sites for hydroxylation is 2. The average Bonchev–Trinajstić information content (AvgIpc) is 3.07. The fourth-order valence-corrected chi connectivity index (χ4v) is 5.92. The van der Waals surface area contributed by atoms with Gasteiger partial charge in [0.2, 0.25) is 11.6 Å². The first kappa shape index (κ1) is 16.3. The van der Waals surface area contributed by atoms with Crippen LogP contribution in [0.15, 0.2) is 43.9 Å². The molecule has 2 heterocycles. The zero-order chi connectivity index (χ0) is 17.2. The standard InChI is InChI=1S/C18H10Cl2O2S2/c1-7-3-5-9(19)11-13(21)17(23-15(7)11)18-14(22)12-10(20)6-4-8(2)16(12)24-18/h3-6H,1-2H3/b18-17-. The van der Waals surface area contributed by atoms with Crippen LogP contribution in [-0.2, 0) is 0 Å². The Bertz CT molecular complexity index is 913.